The van der Waals surface area contributed by atoms with Crippen LogP contribution in [0.3, 0.4) is 0 Å². The number of amides is 1. The van der Waals surface area contributed by atoms with E-state index in [2.05, 4.69) is 48.8 Å². The van der Waals surface area contributed by atoms with Crippen LogP contribution in [-0.2, 0) is 9.63 Å². The summed E-state index contributed by atoms with van der Waals surface area (Å²) in [6.07, 6.45) is 5.30. The second-order valence-corrected chi connectivity index (χ2v) is 12.0. The molecule has 2 N–H and O–H groups in total. The van der Waals surface area contributed by atoms with Crippen LogP contribution in [0.1, 0.15) is 37.8 Å². The summed E-state index contributed by atoms with van der Waals surface area (Å²) in [6.45, 7) is 13.5. The molecule has 0 bridgehead atoms. The molecular formula is C34H42F2N8O3. The Labute approximate surface area is 274 Å². The number of anilines is 5. The Morgan fingerprint density at radius 3 is 2.51 bits per heavy atom. The average Bonchev–Trinajstić information content (AvgIpc) is 3.60. The number of carbonyl (C=O) groups is 1. The molecule has 0 saturated carbocycles. The SMILES string of the molecule is C=CC(=O)Nc1cc(Nc2cc(N3OCCC3c3ccc(F)c(F)c3)ncn2)c(OC)cc1N1CCC(N2CCN(CC)CC2)CC1. The minimum Gasteiger partial charge on any atom is -0.494 e. The van der Waals surface area contributed by atoms with Crippen LogP contribution >= 0.6 is 0 Å². The minimum absolute atomic E-state index is 0.315. The van der Waals surface area contributed by atoms with Crippen molar-refractivity contribution in [3.8, 4) is 5.75 Å². The Morgan fingerprint density at radius 1 is 1.02 bits per heavy atom. The maximum absolute atomic E-state index is 14.0. The fraction of sp³-hybridized carbons (Fsp3) is 0.441. The number of hydrogen-bond donors (Lipinski definition) is 2. The number of methoxy groups -OCH3 is 1. The van der Waals surface area contributed by atoms with Gasteiger partial charge in [0.1, 0.15) is 17.9 Å². The zero-order valence-electron chi connectivity index (χ0n) is 26.9. The number of nitrogens with one attached hydrogen (secondary N) is 2. The van der Waals surface area contributed by atoms with Gasteiger partial charge in [-0.15, -0.1) is 0 Å². The number of likely N-dealkylation sites (N-methyl/N-ethyl adjacent to an activating group) is 1. The third-order valence-corrected chi connectivity index (χ3v) is 9.31. The molecule has 3 fully saturated rings. The number of aromatic nitrogens is 2. The molecule has 3 aliphatic rings. The molecule has 3 aliphatic heterocycles. The van der Waals surface area contributed by atoms with E-state index in [0.29, 0.717) is 53.4 Å². The molecular weight excluding hydrogens is 606 g/mol. The van der Waals surface area contributed by atoms with Crippen molar-refractivity contribution in [2.24, 2.45) is 0 Å². The fourth-order valence-corrected chi connectivity index (χ4v) is 6.69. The quantitative estimate of drug-likeness (QED) is 0.289. The number of rotatable bonds is 10. The molecule has 3 aromatic rings. The molecule has 0 radical (unpaired) electrons. The van der Waals surface area contributed by atoms with Gasteiger partial charge in [0.25, 0.3) is 0 Å². The van der Waals surface area contributed by atoms with Crippen molar-refractivity contribution in [2.45, 2.75) is 38.3 Å². The van der Waals surface area contributed by atoms with Gasteiger partial charge in [-0.25, -0.2) is 23.8 Å². The van der Waals surface area contributed by atoms with E-state index in [9.17, 15) is 13.6 Å². The highest BCUT2D eigenvalue weighted by atomic mass is 19.2. The molecule has 11 nitrogen and oxygen atoms in total. The first-order valence-corrected chi connectivity index (χ1v) is 16.2. The normalized spacial score (nSPS) is 19.5. The largest absolute Gasteiger partial charge is 0.494 e. The van der Waals surface area contributed by atoms with Gasteiger partial charge < -0.3 is 25.2 Å². The Morgan fingerprint density at radius 2 is 1.81 bits per heavy atom. The number of hydrogen-bond acceptors (Lipinski definition) is 10. The number of halogens is 2. The number of ether oxygens (including phenoxy) is 1. The molecule has 250 valence electrons. The van der Waals surface area contributed by atoms with Gasteiger partial charge >= 0.3 is 0 Å². The number of hydroxylamine groups is 1. The summed E-state index contributed by atoms with van der Waals surface area (Å²) >= 11 is 0. The lowest BCUT2D eigenvalue weighted by atomic mass is 10.0. The van der Waals surface area contributed by atoms with Crippen LogP contribution in [0.4, 0.5) is 37.5 Å². The topological polar surface area (TPSA) is 98.3 Å². The van der Waals surface area contributed by atoms with Crippen LogP contribution in [0.25, 0.3) is 0 Å². The van der Waals surface area contributed by atoms with E-state index >= 15 is 0 Å². The van der Waals surface area contributed by atoms with Gasteiger partial charge in [-0.05, 0) is 49.2 Å². The highest BCUT2D eigenvalue weighted by Gasteiger charge is 2.31. The number of piperazine rings is 1. The highest BCUT2D eigenvalue weighted by Crippen LogP contribution is 2.40. The maximum Gasteiger partial charge on any atom is 0.247 e. The van der Waals surface area contributed by atoms with Gasteiger partial charge in [0.15, 0.2) is 17.5 Å². The predicted octanol–water partition coefficient (Wildman–Crippen LogP) is 5.12. The number of piperidine rings is 1. The second kappa shape index (κ2) is 14.6. The Balaban J connectivity index is 1.21. The molecule has 13 heteroatoms. The van der Waals surface area contributed by atoms with Crippen LogP contribution in [-0.4, -0.2) is 91.2 Å². The van der Waals surface area contributed by atoms with Gasteiger partial charge in [-0.3, -0.25) is 14.5 Å². The van der Waals surface area contributed by atoms with E-state index in [1.807, 2.05) is 12.1 Å². The number of benzene rings is 2. The zero-order valence-corrected chi connectivity index (χ0v) is 26.9. The van der Waals surface area contributed by atoms with Gasteiger partial charge in [-0.1, -0.05) is 19.6 Å². The fourth-order valence-electron chi connectivity index (χ4n) is 6.69. The van der Waals surface area contributed by atoms with Crippen molar-refractivity contribution < 1.29 is 23.1 Å². The van der Waals surface area contributed by atoms with Gasteiger partial charge in [0.05, 0.1) is 36.8 Å². The summed E-state index contributed by atoms with van der Waals surface area (Å²) in [7, 11) is 1.60. The van der Waals surface area contributed by atoms with E-state index in [1.165, 1.54) is 18.5 Å². The molecule has 4 heterocycles. The van der Waals surface area contributed by atoms with Gasteiger partial charge in [0.2, 0.25) is 5.91 Å². The summed E-state index contributed by atoms with van der Waals surface area (Å²) in [5, 5.41) is 7.87. The summed E-state index contributed by atoms with van der Waals surface area (Å²) in [5.74, 6) is -0.655. The van der Waals surface area contributed by atoms with Crippen LogP contribution in [0.2, 0.25) is 0 Å². The van der Waals surface area contributed by atoms with Crippen molar-refractivity contribution in [3.05, 3.63) is 72.6 Å². The lowest BCUT2D eigenvalue weighted by Gasteiger charge is -2.43. The van der Waals surface area contributed by atoms with Crippen molar-refractivity contribution in [3.63, 3.8) is 0 Å². The smallest absolute Gasteiger partial charge is 0.247 e. The maximum atomic E-state index is 14.0. The molecule has 0 spiro atoms. The molecule has 3 saturated heterocycles. The van der Waals surface area contributed by atoms with Crippen molar-refractivity contribution in [2.75, 3.05) is 80.1 Å². The van der Waals surface area contributed by atoms with Crippen molar-refractivity contribution >= 4 is 34.6 Å². The first kappa shape index (κ1) is 32.6. The minimum atomic E-state index is -0.913. The zero-order chi connectivity index (χ0) is 32.9. The van der Waals surface area contributed by atoms with E-state index in [0.717, 1.165) is 70.4 Å². The van der Waals surface area contributed by atoms with E-state index in [4.69, 9.17) is 9.57 Å². The van der Waals surface area contributed by atoms with Gasteiger partial charge in [-0.2, -0.15) is 0 Å². The van der Waals surface area contributed by atoms with Crippen LogP contribution in [0.5, 0.6) is 5.75 Å². The molecule has 0 aliphatic carbocycles. The summed E-state index contributed by atoms with van der Waals surface area (Å²) in [4.78, 5) is 34.6. The molecule has 1 aromatic heterocycles. The summed E-state index contributed by atoms with van der Waals surface area (Å²) in [6, 6.07) is 9.52. The number of nitrogens with zero attached hydrogens (tertiary/aromatic N) is 6. The van der Waals surface area contributed by atoms with Crippen molar-refractivity contribution in [1.29, 1.82) is 0 Å². The van der Waals surface area contributed by atoms with E-state index in [1.54, 1.807) is 24.3 Å². The Kier molecular flexibility index (Phi) is 10.1. The van der Waals surface area contributed by atoms with Crippen LogP contribution in [0, 0.1) is 11.6 Å². The van der Waals surface area contributed by atoms with Crippen LogP contribution < -0.4 is 25.3 Å². The summed E-state index contributed by atoms with van der Waals surface area (Å²) in [5.41, 5.74) is 2.67. The lowest BCUT2D eigenvalue weighted by molar-refractivity contribution is -0.111. The van der Waals surface area contributed by atoms with Crippen LogP contribution in [0.15, 0.2) is 55.4 Å². The molecule has 1 atom stereocenters. The monoisotopic (exact) mass is 648 g/mol. The predicted molar refractivity (Wildman–Crippen MR) is 178 cm³/mol. The first-order valence-electron chi connectivity index (χ1n) is 16.2. The Hall–Kier alpha value is -4.33. The number of carbonyl (C=O) groups excluding carboxylic acids is 1. The molecule has 2 aromatic carbocycles. The molecule has 1 amide bonds. The van der Waals surface area contributed by atoms with E-state index in [-0.39, 0.29) is 11.9 Å². The first-order chi connectivity index (χ1) is 22.9. The Bertz CT molecular complexity index is 1580. The standard InChI is InChI=1S/C34H42F2N8O3/c1-4-34(45)40-27-19-28(31(46-3)20-30(27)43-11-8-24(9-12-43)42-15-13-41(5-2)14-16-42)39-32-21-33(38-22-37-32)44-29(10-17-47-44)23-6-7-25(35)26(36)18-23/h4,6-7,18-22,24,29H,1,5,8-17H2,2-3H3,(H,40,45)(H,37,38,39). The third kappa shape index (κ3) is 7.32. The highest BCUT2D eigenvalue weighted by molar-refractivity contribution is 6.02. The lowest BCUT2D eigenvalue weighted by Crippen LogP contribution is -2.53. The third-order valence-electron chi connectivity index (χ3n) is 9.31. The molecule has 6 rings (SSSR count). The average molecular weight is 649 g/mol. The summed E-state index contributed by atoms with van der Waals surface area (Å²) < 4.78 is 33.4. The second-order valence-electron chi connectivity index (χ2n) is 12.0. The molecule has 47 heavy (non-hydrogen) atoms. The van der Waals surface area contributed by atoms with Gasteiger partial charge in [0, 0.05) is 63.9 Å². The van der Waals surface area contributed by atoms with E-state index < -0.39 is 11.6 Å². The van der Waals surface area contributed by atoms with Crippen molar-refractivity contribution in [1.82, 2.24) is 19.8 Å². The molecule has 1 unspecified atom stereocenters.